The minimum Gasteiger partial charge on any atom is -0.411 e. The lowest BCUT2D eigenvalue weighted by Gasteiger charge is -2.28. The molecule has 0 unspecified atom stereocenters. The van der Waals surface area contributed by atoms with Crippen LogP contribution in [0.3, 0.4) is 0 Å². The van der Waals surface area contributed by atoms with E-state index in [1.165, 1.54) is 12.1 Å². The third-order valence-corrected chi connectivity index (χ3v) is 9.14. The predicted octanol–water partition coefficient (Wildman–Crippen LogP) is 8.76. The molecule has 0 fully saturated rings. The third kappa shape index (κ3) is 7.73. The maximum Gasteiger partial charge on any atom is 0.416 e. The van der Waals surface area contributed by atoms with E-state index in [9.17, 15) is 31.1 Å². The molecule has 0 amide bonds. The largest absolute Gasteiger partial charge is 0.416 e. The highest BCUT2D eigenvalue weighted by Crippen LogP contribution is 2.42. The smallest absolute Gasteiger partial charge is 0.411 e. The summed E-state index contributed by atoms with van der Waals surface area (Å²) in [5.74, 6) is -0.879. The Morgan fingerprint density at radius 3 is 2.00 bits per heavy atom. The zero-order valence-corrected chi connectivity index (χ0v) is 28.0. The van der Waals surface area contributed by atoms with Crippen molar-refractivity contribution in [3.8, 4) is 11.3 Å². The Kier molecular flexibility index (Phi) is 9.60. The molecule has 0 saturated heterocycles. The van der Waals surface area contributed by atoms with Crippen LogP contribution in [0, 0.1) is 0 Å². The third-order valence-electron chi connectivity index (χ3n) is 6.40. The molecule has 0 aliphatic heterocycles. The fourth-order valence-electron chi connectivity index (χ4n) is 4.21. The fraction of sp³-hybridized carbons (Fsp3) is 0.357. The van der Waals surface area contributed by atoms with E-state index in [0.29, 0.717) is 12.1 Å². The van der Waals surface area contributed by atoms with Gasteiger partial charge in [0.05, 0.1) is 33.3 Å². The number of nitrogens with zero attached hydrogens (tertiary/aromatic N) is 4. The summed E-state index contributed by atoms with van der Waals surface area (Å²) < 4.78 is 93.1. The van der Waals surface area contributed by atoms with E-state index < -0.39 is 67.6 Å². The van der Waals surface area contributed by atoms with Crippen molar-refractivity contribution in [3.05, 3.63) is 85.3 Å². The number of hydrogen-bond donors (Lipinski definition) is 0. The van der Waals surface area contributed by atoms with E-state index in [-0.39, 0.29) is 43.7 Å². The quantitative estimate of drug-likeness (QED) is 0.103. The van der Waals surface area contributed by atoms with Crippen LogP contribution in [0.5, 0.6) is 0 Å². The zero-order chi connectivity index (χ0) is 33.7. The Labute approximate surface area is 270 Å². The van der Waals surface area contributed by atoms with Crippen molar-refractivity contribution >= 4 is 50.3 Å². The first kappa shape index (κ1) is 35.0. The number of carbonyl (C=O) groups is 1. The van der Waals surface area contributed by atoms with Crippen LogP contribution in [-0.2, 0) is 28.9 Å². The molecule has 0 atom stereocenters. The summed E-state index contributed by atoms with van der Waals surface area (Å²) >= 11 is 19.3. The van der Waals surface area contributed by atoms with Gasteiger partial charge in [0.25, 0.3) is 0 Å². The van der Waals surface area contributed by atoms with Gasteiger partial charge in [0.1, 0.15) is 11.3 Å². The maximum atomic E-state index is 14.1. The van der Waals surface area contributed by atoms with Gasteiger partial charge in [0, 0.05) is 5.56 Å². The maximum absolute atomic E-state index is 14.1. The Morgan fingerprint density at radius 1 is 0.933 bits per heavy atom. The summed E-state index contributed by atoms with van der Waals surface area (Å²) in [6.45, 7) is 8.67. The first-order chi connectivity index (χ1) is 20.6. The van der Waals surface area contributed by atoms with Crippen LogP contribution in [-0.4, -0.2) is 35.7 Å². The van der Waals surface area contributed by atoms with E-state index in [1.807, 2.05) is 20.8 Å². The minimum atomic E-state index is -5.06. The van der Waals surface area contributed by atoms with E-state index >= 15 is 0 Å². The van der Waals surface area contributed by atoms with Crippen LogP contribution in [0.15, 0.2) is 40.9 Å². The standard InChI is InChI=1S/C28H25Cl3F6N4O3Si/c1-25(2,3)45-44-26(4,5)23-19(20(39-43-23)18-16(29)7-6-8-17(18)30)22(42)21-24(31)41(40-38-21)12-13-9-14(27(32,33)34)11-15(10-13)28(35,36)37/h6-11H,12,45H2,1-5H3. The summed E-state index contributed by atoms with van der Waals surface area (Å²) in [4.78, 5) is 14.1. The number of ketones is 1. The molecule has 0 spiro atoms. The van der Waals surface area contributed by atoms with Gasteiger partial charge in [-0.05, 0) is 54.8 Å². The van der Waals surface area contributed by atoms with Gasteiger partial charge >= 0.3 is 12.4 Å². The molecular formula is C28H25Cl3F6N4O3Si. The molecule has 2 aromatic heterocycles. The molecule has 0 aliphatic rings. The number of rotatable bonds is 8. The van der Waals surface area contributed by atoms with Crippen molar-refractivity contribution in [2.24, 2.45) is 0 Å². The van der Waals surface area contributed by atoms with Gasteiger partial charge in [-0.15, -0.1) is 5.10 Å². The second kappa shape index (κ2) is 12.4. The molecule has 0 saturated carbocycles. The molecule has 45 heavy (non-hydrogen) atoms. The first-order valence-corrected chi connectivity index (χ1v) is 15.5. The van der Waals surface area contributed by atoms with E-state index in [1.54, 1.807) is 19.9 Å². The normalized spacial score (nSPS) is 13.3. The highest BCUT2D eigenvalue weighted by molar-refractivity contribution is 6.40. The van der Waals surface area contributed by atoms with Crippen LogP contribution >= 0.6 is 34.8 Å². The highest BCUT2D eigenvalue weighted by atomic mass is 35.5. The molecule has 7 nitrogen and oxygen atoms in total. The summed E-state index contributed by atoms with van der Waals surface area (Å²) in [6, 6.07) is 5.69. The van der Waals surface area contributed by atoms with Gasteiger partial charge < -0.3 is 8.95 Å². The molecular weight excluding hydrogens is 689 g/mol. The molecule has 242 valence electrons. The number of halogens is 9. The molecule has 2 heterocycles. The summed E-state index contributed by atoms with van der Waals surface area (Å²) in [7, 11) is -1.20. The van der Waals surface area contributed by atoms with Crippen LogP contribution in [0.25, 0.3) is 11.3 Å². The topological polar surface area (TPSA) is 83.0 Å². The number of hydrogen-bond acceptors (Lipinski definition) is 6. The van der Waals surface area contributed by atoms with Crippen molar-refractivity contribution in [2.45, 2.75) is 64.2 Å². The molecule has 0 radical (unpaired) electrons. The molecule has 0 N–H and O–H groups in total. The van der Waals surface area contributed by atoms with Crippen molar-refractivity contribution in [1.29, 1.82) is 0 Å². The molecule has 4 rings (SSSR count). The minimum absolute atomic E-state index is 0.00252. The van der Waals surface area contributed by atoms with Crippen molar-refractivity contribution < 1.29 is 40.1 Å². The fourth-order valence-corrected chi connectivity index (χ4v) is 5.93. The second-order valence-electron chi connectivity index (χ2n) is 11.8. The molecule has 4 aromatic rings. The number of alkyl halides is 6. The van der Waals surface area contributed by atoms with E-state index in [2.05, 4.69) is 15.5 Å². The van der Waals surface area contributed by atoms with Gasteiger partial charge in [-0.1, -0.05) is 72.0 Å². The lowest BCUT2D eigenvalue weighted by molar-refractivity contribution is -0.143. The van der Waals surface area contributed by atoms with E-state index in [0.717, 1.165) is 4.68 Å². The average molecular weight is 714 g/mol. The second-order valence-corrected chi connectivity index (χ2v) is 15.7. The van der Waals surface area contributed by atoms with Gasteiger partial charge in [0.2, 0.25) is 5.78 Å². The average Bonchev–Trinajstić information content (AvgIpc) is 3.50. The summed E-state index contributed by atoms with van der Waals surface area (Å²) in [6.07, 6.45) is -10.1. The number of aromatic nitrogens is 4. The van der Waals surface area contributed by atoms with Crippen molar-refractivity contribution in [1.82, 2.24) is 20.2 Å². The molecule has 0 aliphatic carbocycles. The Hall–Kier alpha value is -2.91. The van der Waals surface area contributed by atoms with Crippen LogP contribution in [0.2, 0.25) is 20.2 Å². The SMILES string of the molecule is CC(C)(C)[SiH2]OC(C)(C)c1onc(-c2c(Cl)cccc2Cl)c1C(=O)c1nnn(Cc2cc(C(F)(F)F)cc(C(F)(F)F)c2)c1Cl. The monoisotopic (exact) mass is 712 g/mol. The number of benzene rings is 2. The predicted molar refractivity (Wildman–Crippen MR) is 158 cm³/mol. The number of carbonyl (C=O) groups excluding carboxylic acids is 1. The summed E-state index contributed by atoms with van der Waals surface area (Å²) in [5, 5.41) is 11.3. The molecule has 17 heteroatoms. The lowest BCUT2D eigenvalue weighted by Crippen LogP contribution is -2.29. The Balaban J connectivity index is 1.82. The molecule has 2 aromatic carbocycles. The van der Waals surface area contributed by atoms with Crippen LogP contribution in [0.4, 0.5) is 26.3 Å². The van der Waals surface area contributed by atoms with Crippen LogP contribution in [0.1, 0.15) is 73.1 Å². The van der Waals surface area contributed by atoms with Gasteiger partial charge in [-0.2, -0.15) is 26.3 Å². The van der Waals surface area contributed by atoms with Gasteiger partial charge in [0.15, 0.2) is 26.4 Å². The van der Waals surface area contributed by atoms with Gasteiger partial charge in [-0.3, -0.25) is 4.79 Å². The van der Waals surface area contributed by atoms with Gasteiger partial charge in [-0.25, -0.2) is 4.68 Å². The van der Waals surface area contributed by atoms with Crippen LogP contribution < -0.4 is 0 Å². The van der Waals surface area contributed by atoms with E-state index in [4.69, 9.17) is 43.8 Å². The highest BCUT2D eigenvalue weighted by Gasteiger charge is 2.40. The van der Waals surface area contributed by atoms with Crippen molar-refractivity contribution in [3.63, 3.8) is 0 Å². The lowest BCUT2D eigenvalue weighted by atomic mass is 9.94. The van der Waals surface area contributed by atoms with Crippen molar-refractivity contribution in [2.75, 3.05) is 0 Å². The zero-order valence-electron chi connectivity index (χ0n) is 24.3. The Bertz CT molecular complexity index is 1690. The first-order valence-electron chi connectivity index (χ1n) is 13.1. The molecule has 0 bridgehead atoms. The Morgan fingerprint density at radius 2 is 1.49 bits per heavy atom. The summed E-state index contributed by atoms with van der Waals surface area (Å²) in [5.41, 5.74) is -5.19.